The average Bonchev–Trinajstić information content (AvgIpc) is 3.40. The number of thiocarbonyl (C=S) groups is 1. The van der Waals surface area contributed by atoms with Gasteiger partial charge in [0.05, 0.1) is 5.56 Å². The number of benzene rings is 1. The molecule has 0 bridgehead atoms. The normalized spacial score (nSPS) is 29.2. The Bertz CT molecular complexity index is 906. The van der Waals surface area contributed by atoms with E-state index in [4.69, 9.17) is 40.6 Å². The predicted molar refractivity (Wildman–Crippen MR) is 111 cm³/mol. The molecule has 2 aromatic rings. The van der Waals surface area contributed by atoms with Gasteiger partial charge in [-0.05, 0) is 38.2 Å². The molecule has 5 atom stereocenters. The molecule has 0 aliphatic carbocycles. The summed E-state index contributed by atoms with van der Waals surface area (Å²) in [7, 11) is 1.51. The number of fused-ring (bicyclic) bond motifs is 1. The molecule has 0 saturated carbocycles. The molecule has 2 fully saturated rings. The minimum Gasteiger partial charge on any atom is -0.461 e. The third-order valence-electron chi connectivity index (χ3n) is 5.00. The minimum atomic E-state index is -0.872. The lowest BCUT2D eigenvalue weighted by Crippen LogP contribution is -2.59. The molecule has 31 heavy (non-hydrogen) atoms. The van der Waals surface area contributed by atoms with Crippen molar-refractivity contribution >= 4 is 23.4 Å². The van der Waals surface area contributed by atoms with Gasteiger partial charge in [-0.15, -0.1) is 0 Å². The first-order valence-corrected chi connectivity index (χ1v) is 10.2. The summed E-state index contributed by atoms with van der Waals surface area (Å²) in [5.41, 5.74) is 0.437. The van der Waals surface area contributed by atoms with E-state index in [1.54, 1.807) is 55.1 Å². The van der Waals surface area contributed by atoms with E-state index in [2.05, 4.69) is 4.98 Å². The van der Waals surface area contributed by atoms with Crippen molar-refractivity contribution in [2.75, 3.05) is 13.7 Å². The lowest BCUT2D eigenvalue weighted by Gasteiger charge is -2.41. The highest BCUT2D eigenvalue weighted by Crippen LogP contribution is 2.39. The van der Waals surface area contributed by atoms with Crippen LogP contribution in [0.4, 0.5) is 0 Å². The molecule has 9 nitrogen and oxygen atoms in total. The summed E-state index contributed by atoms with van der Waals surface area (Å²) in [5, 5.41) is 0.161. The zero-order valence-corrected chi connectivity index (χ0v) is 18.2. The van der Waals surface area contributed by atoms with Crippen molar-refractivity contribution in [2.24, 2.45) is 0 Å². The number of carbonyl (C=O) groups is 1. The second-order valence-electron chi connectivity index (χ2n) is 7.63. The number of ether oxygens (including phenoxy) is 6. The largest absolute Gasteiger partial charge is 0.461 e. The maximum atomic E-state index is 12.4. The summed E-state index contributed by atoms with van der Waals surface area (Å²) in [5.74, 6) is -1.34. The van der Waals surface area contributed by atoms with Crippen LogP contribution in [0, 0.1) is 0 Å². The molecule has 0 spiro atoms. The van der Waals surface area contributed by atoms with Crippen LogP contribution in [-0.4, -0.2) is 70.9 Å². The molecule has 2 aliphatic heterocycles. The first-order valence-electron chi connectivity index (χ1n) is 9.83. The van der Waals surface area contributed by atoms with E-state index in [0.29, 0.717) is 5.56 Å². The zero-order chi connectivity index (χ0) is 22.0. The lowest BCUT2D eigenvalue weighted by atomic mass is 9.99. The van der Waals surface area contributed by atoms with Crippen molar-refractivity contribution in [3.8, 4) is 0 Å². The van der Waals surface area contributed by atoms with Crippen molar-refractivity contribution < 1.29 is 33.2 Å². The quantitative estimate of drug-likeness (QED) is 0.504. The molecular weight excluding hydrogens is 424 g/mol. The predicted octanol–water partition coefficient (Wildman–Crippen LogP) is 2.15. The zero-order valence-electron chi connectivity index (χ0n) is 17.4. The number of methoxy groups -OCH3 is 1. The molecule has 2 saturated heterocycles. The van der Waals surface area contributed by atoms with Gasteiger partial charge in [0.1, 0.15) is 31.2 Å². The molecule has 4 rings (SSSR count). The van der Waals surface area contributed by atoms with E-state index in [-0.39, 0.29) is 11.8 Å². The standard InChI is InChI=1S/C21H24N2O7S/c1-21(2)29-16-15(28-20(31)23-10-9-22-12-23)14(27-19(25-3)17(16)30-21)11-26-18(24)13-7-5-4-6-8-13/h4-10,12,14-17,19H,11H2,1-3H3/t14-,15+,16+,17-,19-/m1/s1. The van der Waals surface area contributed by atoms with Crippen molar-refractivity contribution in [2.45, 2.75) is 50.3 Å². The van der Waals surface area contributed by atoms with Crippen LogP contribution < -0.4 is 0 Å². The van der Waals surface area contributed by atoms with E-state index in [1.165, 1.54) is 13.4 Å². The number of hydrogen-bond acceptors (Lipinski definition) is 9. The fourth-order valence-electron chi connectivity index (χ4n) is 3.65. The first-order chi connectivity index (χ1) is 14.9. The highest BCUT2D eigenvalue weighted by atomic mass is 32.1. The molecule has 0 N–H and O–H groups in total. The first kappa shape index (κ1) is 21.8. The Labute approximate surface area is 185 Å². The Kier molecular flexibility index (Phi) is 6.35. The van der Waals surface area contributed by atoms with Gasteiger partial charge in [0, 0.05) is 19.5 Å². The number of carbonyl (C=O) groups excluding carboxylic acids is 1. The molecule has 2 aliphatic rings. The highest BCUT2D eigenvalue weighted by Gasteiger charge is 2.57. The Morgan fingerprint density at radius 3 is 2.65 bits per heavy atom. The van der Waals surface area contributed by atoms with E-state index < -0.39 is 42.5 Å². The van der Waals surface area contributed by atoms with E-state index >= 15 is 0 Å². The number of aromatic nitrogens is 2. The van der Waals surface area contributed by atoms with Crippen LogP contribution in [0.2, 0.25) is 0 Å². The van der Waals surface area contributed by atoms with E-state index in [0.717, 1.165) is 0 Å². The van der Waals surface area contributed by atoms with Gasteiger partial charge in [-0.2, -0.15) is 0 Å². The Balaban J connectivity index is 1.54. The second-order valence-corrected chi connectivity index (χ2v) is 7.98. The van der Waals surface area contributed by atoms with Crippen molar-refractivity contribution in [3.63, 3.8) is 0 Å². The van der Waals surface area contributed by atoms with Gasteiger partial charge in [-0.1, -0.05) is 18.2 Å². The molecule has 3 heterocycles. The van der Waals surface area contributed by atoms with Gasteiger partial charge in [-0.25, -0.2) is 9.78 Å². The monoisotopic (exact) mass is 448 g/mol. The summed E-state index contributed by atoms with van der Waals surface area (Å²) in [6, 6.07) is 8.71. The number of imidazole rings is 1. The Hall–Kier alpha value is -2.37. The minimum absolute atomic E-state index is 0.0855. The maximum absolute atomic E-state index is 12.4. The average molecular weight is 448 g/mol. The van der Waals surface area contributed by atoms with Crippen molar-refractivity contribution in [3.05, 3.63) is 54.6 Å². The number of hydrogen-bond donors (Lipinski definition) is 0. The number of nitrogens with zero attached hydrogens (tertiary/aromatic N) is 2. The van der Waals surface area contributed by atoms with Crippen molar-refractivity contribution in [1.82, 2.24) is 9.55 Å². The van der Waals surface area contributed by atoms with Crippen LogP contribution in [0.15, 0.2) is 49.1 Å². The van der Waals surface area contributed by atoms with Crippen LogP contribution >= 0.6 is 12.2 Å². The van der Waals surface area contributed by atoms with Crippen LogP contribution in [-0.2, 0) is 28.4 Å². The molecule has 0 radical (unpaired) electrons. The lowest BCUT2D eigenvalue weighted by molar-refractivity contribution is -0.269. The third-order valence-corrected chi connectivity index (χ3v) is 5.31. The van der Waals surface area contributed by atoms with Crippen LogP contribution in [0.1, 0.15) is 24.2 Å². The van der Waals surface area contributed by atoms with Gasteiger partial charge >= 0.3 is 5.97 Å². The van der Waals surface area contributed by atoms with E-state index in [9.17, 15) is 4.79 Å². The molecular formula is C21H24N2O7S. The number of rotatable bonds is 5. The maximum Gasteiger partial charge on any atom is 0.338 e. The van der Waals surface area contributed by atoms with Crippen LogP contribution in [0.25, 0.3) is 0 Å². The highest BCUT2D eigenvalue weighted by molar-refractivity contribution is 7.80. The smallest absolute Gasteiger partial charge is 0.338 e. The summed E-state index contributed by atoms with van der Waals surface area (Å²) in [6.07, 6.45) is 1.54. The van der Waals surface area contributed by atoms with Gasteiger partial charge in [0.15, 0.2) is 18.2 Å². The van der Waals surface area contributed by atoms with Gasteiger partial charge < -0.3 is 28.4 Å². The third kappa shape index (κ3) is 4.78. The molecule has 166 valence electrons. The van der Waals surface area contributed by atoms with Gasteiger partial charge in [0.25, 0.3) is 5.17 Å². The Morgan fingerprint density at radius 2 is 1.97 bits per heavy atom. The molecule has 10 heteroatoms. The van der Waals surface area contributed by atoms with Gasteiger partial charge in [0.2, 0.25) is 0 Å². The topological polar surface area (TPSA) is 90.3 Å². The summed E-state index contributed by atoms with van der Waals surface area (Å²) in [6.45, 7) is 3.51. The van der Waals surface area contributed by atoms with Gasteiger partial charge in [-0.3, -0.25) is 4.57 Å². The van der Waals surface area contributed by atoms with Crippen LogP contribution in [0.5, 0.6) is 0 Å². The molecule has 0 unspecified atom stereocenters. The summed E-state index contributed by atoms with van der Waals surface area (Å²) in [4.78, 5) is 16.4. The van der Waals surface area contributed by atoms with E-state index in [1.807, 2.05) is 6.07 Å². The Morgan fingerprint density at radius 1 is 1.23 bits per heavy atom. The molecule has 0 amide bonds. The second kappa shape index (κ2) is 9.01. The SMILES string of the molecule is CO[C@@H]1O[C@H](COC(=O)c2ccccc2)[C@H](OC(=S)n2ccnc2)[C@@H]2OC(C)(C)O[C@@H]12. The summed E-state index contributed by atoms with van der Waals surface area (Å²) < 4.78 is 36.7. The summed E-state index contributed by atoms with van der Waals surface area (Å²) >= 11 is 5.41. The van der Waals surface area contributed by atoms with Crippen LogP contribution in [0.3, 0.4) is 0 Å². The fourth-order valence-corrected chi connectivity index (χ4v) is 3.87. The number of esters is 1. The van der Waals surface area contributed by atoms with Crippen molar-refractivity contribution in [1.29, 1.82) is 0 Å². The fraction of sp³-hybridized carbons (Fsp3) is 0.476. The molecule has 1 aromatic carbocycles. The molecule has 1 aromatic heterocycles.